The molecule has 0 N–H and O–H groups in total. The molecule has 4 aliphatic rings. The minimum absolute atomic E-state index is 0.141. The van der Waals surface area contributed by atoms with Crippen molar-refractivity contribution in [2.75, 3.05) is 6.61 Å². The summed E-state index contributed by atoms with van der Waals surface area (Å²) in [7, 11) is 0. The fraction of sp³-hybridized carbons (Fsp3) is 0.667. The summed E-state index contributed by atoms with van der Waals surface area (Å²) >= 11 is 0. The molecule has 0 aromatic heterocycles. The van der Waals surface area contributed by atoms with Crippen molar-refractivity contribution in [2.45, 2.75) is 62.8 Å². The van der Waals surface area contributed by atoms with Crippen molar-refractivity contribution in [1.29, 1.82) is 0 Å². The normalized spacial score (nSPS) is 45.9. The zero-order chi connectivity index (χ0) is 14.6. The van der Waals surface area contributed by atoms with Crippen LogP contribution in [0.25, 0.3) is 0 Å². The predicted molar refractivity (Wildman–Crippen MR) is 79.6 cm³/mol. The molecule has 2 bridgehead atoms. The maximum Gasteiger partial charge on any atom is 0.198 e. The first-order chi connectivity index (χ1) is 10.0. The summed E-state index contributed by atoms with van der Waals surface area (Å²) in [4.78, 5) is 11.6. The number of rotatable bonds is 1. The molecule has 0 unspecified atom stereocenters. The van der Waals surface area contributed by atoms with Gasteiger partial charge in [-0.2, -0.15) is 0 Å². The largest absolute Gasteiger partial charge is 0.344 e. The van der Waals surface area contributed by atoms with Crippen molar-refractivity contribution in [3.05, 3.63) is 35.9 Å². The van der Waals surface area contributed by atoms with Crippen LogP contribution in [0.5, 0.6) is 0 Å². The van der Waals surface area contributed by atoms with E-state index in [1.54, 1.807) is 0 Å². The molecule has 3 heteroatoms. The van der Waals surface area contributed by atoms with Crippen molar-refractivity contribution in [2.24, 2.45) is 5.92 Å². The van der Waals surface area contributed by atoms with Crippen LogP contribution in [-0.2, 0) is 19.9 Å². The Bertz CT molecular complexity index is 519. The van der Waals surface area contributed by atoms with Gasteiger partial charge in [0.05, 0.1) is 6.61 Å². The molecule has 1 aromatic carbocycles. The number of hydrogen-bond acceptors (Lipinski definition) is 3. The summed E-state index contributed by atoms with van der Waals surface area (Å²) < 4.78 is 6.03. The van der Waals surface area contributed by atoms with Crippen LogP contribution in [0, 0.1) is 5.92 Å². The van der Waals surface area contributed by atoms with Gasteiger partial charge in [0.2, 0.25) is 0 Å². The first-order valence-electron chi connectivity index (χ1n) is 8.10. The molecular weight excluding hydrogens is 264 g/mol. The number of hydrogen-bond donors (Lipinski definition) is 0. The van der Waals surface area contributed by atoms with Crippen molar-refractivity contribution < 1.29 is 14.5 Å². The van der Waals surface area contributed by atoms with Gasteiger partial charge < -0.3 is 4.74 Å². The second-order valence-corrected chi connectivity index (χ2v) is 7.53. The molecule has 5 rings (SSSR count). The molecule has 4 atom stereocenters. The molecule has 3 aliphatic heterocycles. The van der Waals surface area contributed by atoms with E-state index in [2.05, 4.69) is 37.3 Å². The van der Waals surface area contributed by atoms with Crippen LogP contribution in [0.2, 0.25) is 0 Å². The van der Waals surface area contributed by atoms with E-state index in [4.69, 9.17) is 14.5 Å². The van der Waals surface area contributed by atoms with Crippen LogP contribution in [0.3, 0.4) is 0 Å². The van der Waals surface area contributed by atoms with E-state index in [1.165, 1.54) is 18.4 Å². The Hall–Kier alpha value is -0.900. The fourth-order valence-corrected chi connectivity index (χ4v) is 4.45. The topological polar surface area (TPSA) is 27.7 Å². The van der Waals surface area contributed by atoms with Crippen molar-refractivity contribution in [3.63, 3.8) is 0 Å². The van der Waals surface area contributed by atoms with E-state index >= 15 is 0 Å². The molecule has 3 nitrogen and oxygen atoms in total. The van der Waals surface area contributed by atoms with Crippen molar-refractivity contribution >= 4 is 0 Å². The zero-order valence-electron chi connectivity index (χ0n) is 12.9. The highest BCUT2D eigenvalue weighted by molar-refractivity contribution is 5.27. The highest BCUT2D eigenvalue weighted by atomic mass is 17.2. The van der Waals surface area contributed by atoms with Crippen LogP contribution in [-0.4, -0.2) is 18.0 Å². The lowest BCUT2D eigenvalue weighted by molar-refractivity contribution is -0.508. The SMILES string of the molecule is C[C@@]12CC[C@H]3CC[C@](C)(c4ccccc4)C[C@]3(CO1)OO2. The van der Waals surface area contributed by atoms with Gasteiger partial charge in [0, 0.05) is 6.42 Å². The highest BCUT2D eigenvalue weighted by Gasteiger charge is 2.57. The molecule has 3 saturated heterocycles. The van der Waals surface area contributed by atoms with Gasteiger partial charge in [-0.3, -0.25) is 0 Å². The second-order valence-electron chi connectivity index (χ2n) is 7.53. The van der Waals surface area contributed by atoms with Crippen molar-refractivity contribution in [3.8, 4) is 0 Å². The molecule has 1 aliphatic carbocycles. The minimum atomic E-state index is -0.536. The Morgan fingerprint density at radius 2 is 1.76 bits per heavy atom. The average molecular weight is 288 g/mol. The van der Waals surface area contributed by atoms with Crippen LogP contribution >= 0.6 is 0 Å². The lowest BCUT2D eigenvalue weighted by Crippen LogP contribution is -2.56. The van der Waals surface area contributed by atoms with E-state index in [0.717, 1.165) is 19.3 Å². The summed E-state index contributed by atoms with van der Waals surface area (Å²) in [5.41, 5.74) is 1.28. The van der Waals surface area contributed by atoms with Gasteiger partial charge in [0.25, 0.3) is 0 Å². The van der Waals surface area contributed by atoms with Gasteiger partial charge in [-0.05, 0) is 49.5 Å². The summed E-state index contributed by atoms with van der Waals surface area (Å²) in [6.45, 7) is 5.01. The molecular formula is C18H24O3. The highest BCUT2D eigenvalue weighted by Crippen LogP contribution is 2.54. The van der Waals surface area contributed by atoms with E-state index < -0.39 is 5.79 Å². The van der Waals surface area contributed by atoms with Gasteiger partial charge in [0.15, 0.2) is 5.79 Å². The third-order valence-corrected chi connectivity index (χ3v) is 5.90. The molecule has 0 radical (unpaired) electrons. The molecule has 1 saturated carbocycles. The van der Waals surface area contributed by atoms with Crippen LogP contribution in [0.1, 0.15) is 51.5 Å². The maximum absolute atomic E-state index is 6.03. The number of fused-ring (bicyclic) bond motifs is 3. The van der Waals surface area contributed by atoms with E-state index in [-0.39, 0.29) is 11.0 Å². The monoisotopic (exact) mass is 288 g/mol. The van der Waals surface area contributed by atoms with Gasteiger partial charge in [0.1, 0.15) is 5.60 Å². The Kier molecular flexibility index (Phi) is 2.97. The van der Waals surface area contributed by atoms with Gasteiger partial charge in [-0.25, -0.2) is 9.78 Å². The maximum atomic E-state index is 6.03. The van der Waals surface area contributed by atoms with Gasteiger partial charge >= 0.3 is 0 Å². The molecule has 1 spiro atoms. The first kappa shape index (κ1) is 13.7. The predicted octanol–water partition coefficient (Wildman–Crippen LogP) is 3.97. The second kappa shape index (κ2) is 4.55. The van der Waals surface area contributed by atoms with Crippen LogP contribution in [0.4, 0.5) is 0 Å². The van der Waals surface area contributed by atoms with E-state index in [9.17, 15) is 0 Å². The molecule has 3 heterocycles. The lowest BCUT2D eigenvalue weighted by Gasteiger charge is -2.51. The fourth-order valence-electron chi connectivity index (χ4n) is 4.45. The third-order valence-electron chi connectivity index (χ3n) is 5.90. The van der Waals surface area contributed by atoms with Gasteiger partial charge in [-0.15, -0.1) is 0 Å². The summed E-state index contributed by atoms with van der Waals surface area (Å²) in [6.07, 6.45) is 5.45. The average Bonchev–Trinajstić information content (AvgIpc) is 2.74. The standard InChI is InChI=1S/C18H24O3/c1-16(14-6-4-3-5-7-14)10-8-15-9-11-17(2)19-13-18(15,12-16)21-20-17/h3-7,15H,8-13H2,1-2H3/t15-,16+,17-,18-/m1/s1. The van der Waals surface area contributed by atoms with Crippen molar-refractivity contribution in [1.82, 2.24) is 0 Å². The lowest BCUT2D eigenvalue weighted by atomic mass is 9.60. The van der Waals surface area contributed by atoms with E-state index in [1.807, 2.05) is 6.92 Å². The summed E-state index contributed by atoms with van der Waals surface area (Å²) in [5, 5.41) is 0. The third kappa shape index (κ3) is 2.14. The smallest absolute Gasteiger partial charge is 0.198 e. The Morgan fingerprint density at radius 3 is 2.48 bits per heavy atom. The molecule has 1 aromatic rings. The summed E-state index contributed by atoms with van der Waals surface area (Å²) in [5.74, 6) is 0.0183. The number of ether oxygens (including phenoxy) is 1. The molecule has 114 valence electrons. The number of benzene rings is 1. The van der Waals surface area contributed by atoms with Crippen LogP contribution < -0.4 is 0 Å². The Labute approximate surface area is 126 Å². The molecule has 4 fully saturated rings. The van der Waals surface area contributed by atoms with Crippen LogP contribution in [0.15, 0.2) is 30.3 Å². The minimum Gasteiger partial charge on any atom is -0.344 e. The zero-order valence-corrected chi connectivity index (χ0v) is 12.9. The van der Waals surface area contributed by atoms with E-state index in [0.29, 0.717) is 12.5 Å². The van der Waals surface area contributed by atoms with Gasteiger partial charge in [-0.1, -0.05) is 37.3 Å². The quantitative estimate of drug-likeness (QED) is 0.732. The first-order valence-corrected chi connectivity index (χ1v) is 8.10. The molecule has 0 amide bonds. The Balaban J connectivity index is 1.67. The summed E-state index contributed by atoms with van der Waals surface area (Å²) in [6, 6.07) is 10.8. The molecule has 21 heavy (non-hydrogen) atoms. The Morgan fingerprint density at radius 1 is 1.00 bits per heavy atom.